The first-order chi connectivity index (χ1) is 15.1. The largest absolute Gasteiger partial charge is 0.454 e. The summed E-state index contributed by atoms with van der Waals surface area (Å²) in [6.07, 6.45) is 1.45. The highest BCUT2D eigenvalue weighted by Crippen LogP contribution is 2.16. The molecule has 1 aliphatic heterocycles. The highest BCUT2D eigenvalue weighted by Gasteiger charge is 2.20. The van der Waals surface area contributed by atoms with Crippen LogP contribution in [0.5, 0.6) is 0 Å². The van der Waals surface area contributed by atoms with Crippen molar-refractivity contribution in [2.75, 3.05) is 17.6 Å². The van der Waals surface area contributed by atoms with Crippen molar-refractivity contribution in [2.24, 2.45) is 0 Å². The Kier molecular flexibility index (Phi) is 6.02. The van der Waals surface area contributed by atoms with Gasteiger partial charge in [0.15, 0.2) is 12.4 Å². The molecule has 0 atom stereocenters. The van der Waals surface area contributed by atoms with Crippen LogP contribution in [0.1, 0.15) is 34.6 Å². The number of hydrogen-bond acceptors (Lipinski definition) is 8. The van der Waals surface area contributed by atoms with Gasteiger partial charge in [0, 0.05) is 25.2 Å². The average molecular weight is 418 g/mol. The monoisotopic (exact) mass is 418 g/mol. The Morgan fingerprint density at radius 1 is 1.10 bits per heavy atom. The van der Waals surface area contributed by atoms with E-state index in [-0.39, 0.29) is 30.2 Å². The number of esters is 1. The molecule has 9 nitrogen and oxygen atoms in total. The van der Waals surface area contributed by atoms with E-state index in [0.29, 0.717) is 18.5 Å². The molecule has 1 aliphatic rings. The van der Waals surface area contributed by atoms with Crippen LogP contribution in [-0.2, 0) is 22.7 Å². The third-order valence-electron chi connectivity index (χ3n) is 4.77. The number of likely N-dealkylation sites (tertiary alicyclic amines) is 1. The first-order valence-electron chi connectivity index (χ1n) is 9.93. The van der Waals surface area contributed by atoms with Crippen LogP contribution in [0.15, 0.2) is 54.6 Å². The number of benzene rings is 2. The number of nitrogens with one attached hydrogen (secondary N) is 1. The van der Waals surface area contributed by atoms with Crippen molar-refractivity contribution in [3.63, 3.8) is 0 Å². The van der Waals surface area contributed by atoms with Gasteiger partial charge in [-0.25, -0.2) is 4.79 Å². The Morgan fingerprint density at radius 3 is 2.71 bits per heavy atom. The molecule has 0 unspecified atom stereocenters. The van der Waals surface area contributed by atoms with Gasteiger partial charge in [-0.05, 0) is 36.2 Å². The molecule has 4 rings (SSSR count). The van der Waals surface area contributed by atoms with Crippen molar-refractivity contribution >= 4 is 29.5 Å². The lowest BCUT2D eigenvalue weighted by Crippen LogP contribution is -2.23. The van der Waals surface area contributed by atoms with Gasteiger partial charge < -0.3 is 20.7 Å². The number of carbonyl (C=O) groups excluding carboxylic acids is 2. The highest BCUT2D eigenvalue weighted by atomic mass is 16.5. The summed E-state index contributed by atoms with van der Waals surface area (Å²) < 4.78 is 5.36. The number of nitrogens with zero attached hydrogens (tertiary/aromatic N) is 4. The number of para-hydroxylation sites is 1. The van der Waals surface area contributed by atoms with E-state index >= 15 is 0 Å². The molecule has 31 heavy (non-hydrogen) atoms. The molecular weight excluding hydrogens is 396 g/mol. The second-order valence-electron chi connectivity index (χ2n) is 7.12. The Morgan fingerprint density at radius 2 is 1.94 bits per heavy atom. The standard InChI is InChI=1S/C22H22N6O3/c23-21-25-18(26-22(27-21)24-17-8-2-1-3-9-17)14-31-20(30)16-7-4-6-15(12-16)13-28-11-5-10-19(28)29/h1-4,6-9,12H,5,10-11,13-14H2,(H3,23,24,25,26,27). The van der Waals surface area contributed by atoms with Gasteiger partial charge in [-0.15, -0.1) is 0 Å². The molecule has 0 bridgehead atoms. The highest BCUT2D eigenvalue weighted by molar-refractivity contribution is 5.89. The summed E-state index contributed by atoms with van der Waals surface area (Å²) in [5.74, 6) is 0.156. The molecule has 2 heterocycles. The summed E-state index contributed by atoms with van der Waals surface area (Å²) in [6, 6.07) is 16.4. The number of anilines is 3. The van der Waals surface area contributed by atoms with Crippen LogP contribution in [0, 0.1) is 0 Å². The lowest BCUT2D eigenvalue weighted by atomic mass is 10.1. The number of aromatic nitrogens is 3. The van der Waals surface area contributed by atoms with Crippen molar-refractivity contribution in [2.45, 2.75) is 26.0 Å². The van der Waals surface area contributed by atoms with Gasteiger partial charge >= 0.3 is 5.97 Å². The number of amides is 1. The topological polar surface area (TPSA) is 123 Å². The second-order valence-corrected chi connectivity index (χ2v) is 7.12. The van der Waals surface area contributed by atoms with E-state index in [0.717, 1.165) is 24.2 Å². The quantitative estimate of drug-likeness (QED) is 0.561. The fourth-order valence-electron chi connectivity index (χ4n) is 3.31. The average Bonchev–Trinajstić information content (AvgIpc) is 3.17. The van der Waals surface area contributed by atoms with E-state index < -0.39 is 5.97 Å². The van der Waals surface area contributed by atoms with Crippen molar-refractivity contribution in [3.8, 4) is 0 Å². The minimum Gasteiger partial charge on any atom is -0.454 e. The smallest absolute Gasteiger partial charge is 0.338 e. The second kappa shape index (κ2) is 9.21. The molecule has 3 aromatic rings. The van der Waals surface area contributed by atoms with E-state index in [2.05, 4.69) is 20.3 Å². The van der Waals surface area contributed by atoms with Gasteiger partial charge in [-0.1, -0.05) is 30.3 Å². The molecule has 1 amide bonds. The van der Waals surface area contributed by atoms with E-state index in [9.17, 15) is 9.59 Å². The first-order valence-corrected chi connectivity index (χ1v) is 9.93. The minimum atomic E-state index is -0.508. The normalized spacial score (nSPS) is 13.3. The Balaban J connectivity index is 1.39. The zero-order chi connectivity index (χ0) is 21.6. The molecule has 158 valence electrons. The van der Waals surface area contributed by atoms with Gasteiger partial charge in [-0.3, -0.25) is 4.79 Å². The lowest BCUT2D eigenvalue weighted by Gasteiger charge is -2.15. The number of rotatable bonds is 7. The predicted molar refractivity (Wildman–Crippen MR) is 114 cm³/mol. The van der Waals surface area contributed by atoms with Crippen LogP contribution >= 0.6 is 0 Å². The van der Waals surface area contributed by atoms with Gasteiger partial charge in [0.05, 0.1) is 5.56 Å². The summed E-state index contributed by atoms with van der Waals surface area (Å²) in [4.78, 5) is 38.5. The molecule has 1 aromatic heterocycles. The van der Waals surface area contributed by atoms with Crippen molar-refractivity contribution < 1.29 is 14.3 Å². The summed E-state index contributed by atoms with van der Waals surface area (Å²) in [7, 11) is 0. The number of nitrogen functional groups attached to an aromatic ring is 1. The summed E-state index contributed by atoms with van der Waals surface area (Å²) >= 11 is 0. The van der Waals surface area contributed by atoms with Crippen molar-refractivity contribution in [1.29, 1.82) is 0 Å². The van der Waals surface area contributed by atoms with Crippen LogP contribution < -0.4 is 11.1 Å². The van der Waals surface area contributed by atoms with Gasteiger partial charge in [0.2, 0.25) is 17.8 Å². The zero-order valence-corrected chi connectivity index (χ0v) is 16.8. The molecule has 0 spiro atoms. The molecule has 2 aromatic carbocycles. The molecule has 3 N–H and O–H groups in total. The summed E-state index contributed by atoms with van der Waals surface area (Å²) in [5, 5.41) is 3.03. The molecular formula is C22H22N6O3. The Bertz CT molecular complexity index is 1090. The van der Waals surface area contributed by atoms with Crippen molar-refractivity contribution in [1.82, 2.24) is 19.9 Å². The fraction of sp³-hybridized carbons (Fsp3) is 0.227. The maximum absolute atomic E-state index is 12.5. The van der Waals surface area contributed by atoms with Crippen LogP contribution in [0.4, 0.5) is 17.6 Å². The summed E-state index contributed by atoms with van der Waals surface area (Å²) in [6.45, 7) is 1.08. The molecule has 0 radical (unpaired) electrons. The van der Waals surface area contributed by atoms with E-state index in [1.165, 1.54) is 0 Å². The van der Waals surface area contributed by atoms with E-state index in [1.54, 1.807) is 23.1 Å². The van der Waals surface area contributed by atoms with E-state index in [4.69, 9.17) is 10.5 Å². The third-order valence-corrected chi connectivity index (χ3v) is 4.77. The van der Waals surface area contributed by atoms with Gasteiger partial charge in [0.25, 0.3) is 0 Å². The van der Waals surface area contributed by atoms with Crippen LogP contribution in [0.3, 0.4) is 0 Å². The molecule has 9 heteroatoms. The predicted octanol–water partition coefficient (Wildman–Crippen LogP) is 2.68. The van der Waals surface area contributed by atoms with Crippen molar-refractivity contribution in [3.05, 3.63) is 71.5 Å². The molecule has 0 aliphatic carbocycles. The number of nitrogens with two attached hydrogens (primary N) is 1. The van der Waals surface area contributed by atoms with Crippen LogP contribution in [0.2, 0.25) is 0 Å². The maximum Gasteiger partial charge on any atom is 0.338 e. The van der Waals surface area contributed by atoms with Gasteiger partial charge in [-0.2, -0.15) is 15.0 Å². The molecule has 0 saturated carbocycles. The Hall–Kier alpha value is -4.01. The SMILES string of the molecule is Nc1nc(COC(=O)c2cccc(CN3CCCC3=O)c2)nc(Nc2ccccc2)n1. The number of carbonyl (C=O) groups is 2. The maximum atomic E-state index is 12.5. The van der Waals surface area contributed by atoms with E-state index in [1.807, 2.05) is 36.4 Å². The fourth-order valence-corrected chi connectivity index (χ4v) is 3.31. The van der Waals surface area contributed by atoms with Crippen LogP contribution in [0.25, 0.3) is 0 Å². The summed E-state index contributed by atoms with van der Waals surface area (Å²) in [5.41, 5.74) is 7.84. The first kappa shape index (κ1) is 20.3. The van der Waals surface area contributed by atoms with Gasteiger partial charge in [0.1, 0.15) is 0 Å². The minimum absolute atomic E-state index is 0.0248. The third kappa shape index (κ3) is 5.33. The molecule has 1 saturated heterocycles. The number of hydrogen-bond donors (Lipinski definition) is 2. The molecule has 1 fully saturated rings. The Labute approximate surface area is 179 Å². The lowest BCUT2D eigenvalue weighted by molar-refractivity contribution is -0.128. The zero-order valence-electron chi connectivity index (χ0n) is 16.8. The van der Waals surface area contributed by atoms with Crippen LogP contribution in [-0.4, -0.2) is 38.3 Å². The number of ether oxygens (including phenoxy) is 1.